The van der Waals surface area contributed by atoms with Gasteiger partial charge in [-0.2, -0.15) is 5.10 Å². The van der Waals surface area contributed by atoms with E-state index in [-0.39, 0.29) is 11.6 Å². The van der Waals surface area contributed by atoms with Crippen LogP contribution in [0.3, 0.4) is 0 Å². The molecule has 5 aromatic heterocycles. The predicted octanol–water partition coefficient (Wildman–Crippen LogP) is 6.81. The highest BCUT2D eigenvalue weighted by atomic mass is 16.5. The average Bonchev–Trinajstić information content (AvgIpc) is 3.63. The number of hydrogen-bond acceptors (Lipinski definition) is 8. The number of pyridine rings is 2. The van der Waals surface area contributed by atoms with E-state index in [1.54, 1.807) is 6.33 Å². The lowest BCUT2D eigenvalue weighted by Crippen LogP contribution is -2.17. The summed E-state index contributed by atoms with van der Waals surface area (Å²) in [7, 11) is 1.95. The Balaban J connectivity index is 1.27. The van der Waals surface area contributed by atoms with Crippen LogP contribution in [0.15, 0.2) is 61.4 Å². The molecule has 10 nitrogen and oxygen atoms in total. The number of anilines is 2. The maximum absolute atomic E-state index is 6.04. The first-order chi connectivity index (χ1) is 21.3. The number of hydrogen-bond donors (Lipinski definition) is 1. The summed E-state index contributed by atoms with van der Waals surface area (Å²) in [5.74, 6) is 1.69. The molecule has 1 aliphatic rings. The Hall–Kier alpha value is -4.70. The summed E-state index contributed by atoms with van der Waals surface area (Å²) in [6, 6.07) is 12.5. The van der Waals surface area contributed by atoms with Crippen LogP contribution in [-0.4, -0.2) is 45.9 Å². The number of benzene rings is 1. The maximum atomic E-state index is 6.04. The Morgan fingerprint density at radius 3 is 2.66 bits per heavy atom. The zero-order chi connectivity index (χ0) is 30.4. The van der Waals surface area contributed by atoms with Crippen LogP contribution in [0.5, 0.6) is 0 Å². The van der Waals surface area contributed by atoms with Crippen LogP contribution in [0.1, 0.15) is 68.8 Å². The van der Waals surface area contributed by atoms with Gasteiger partial charge in [0.15, 0.2) is 5.65 Å². The Labute approximate surface area is 256 Å². The Bertz CT molecular complexity index is 1980. The molecule has 0 aliphatic carbocycles. The monoisotopic (exact) mass is 587 g/mol. The minimum Gasteiger partial charge on any atom is -0.358 e. The largest absolute Gasteiger partial charge is 0.358 e. The molecular weight excluding hydrogens is 550 g/mol. The number of imidazole rings is 1. The van der Waals surface area contributed by atoms with Gasteiger partial charge in [-0.1, -0.05) is 32.9 Å². The van der Waals surface area contributed by atoms with E-state index in [4.69, 9.17) is 29.8 Å². The van der Waals surface area contributed by atoms with E-state index < -0.39 is 0 Å². The normalized spacial score (nSPS) is 15.7. The third-order valence-electron chi connectivity index (χ3n) is 8.50. The number of nitrogens with one attached hydrogen (secondary N) is 1. The lowest BCUT2D eigenvalue weighted by Gasteiger charge is -2.23. The highest BCUT2D eigenvalue weighted by molar-refractivity contribution is 5.96. The van der Waals surface area contributed by atoms with Crippen molar-refractivity contribution >= 4 is 33.6 Å². The molecular formula is C34H37N9O. The van der Waals surface area contributed by atoms with Crippen molar-refractivity contribution in [2.24, 2.45) is 7.05 Å². The molecule has 10 heteroatoms. The van der Waals surface area contributed by atoms with Crippen LogP contribution in [-0.2, 0) is 23.6 Å². The molecule has 0 saturated carbocycles. The summed E-state index contributed by atoms with van der Waals surface area (Å²) < 4.78 is 9.95. The molecule has 7 rings (SSSR count). The molecule has 6 aromatic rings. The fraction of sp³-hybridized carbons (Fsp3) is 0.353. The SMILES string of the molecule is Cc1ccc2c(Nc3cc(C(C)(C)C)nn3C)nccc2c1Cc1ncccc1-c1ncnc2c1ncn2C1CCCCO1. The topological polar surface area (TPSA) is 108 Å². The van der Waals surface area contributed by atoms with E-state index >= 15 is 0 Å². The Morgan fingerprint density at radius 2 is 1.86 bits per heavy atom. The fourth-order valence-electron chi connectivity index (χ4n) is 6.00. The average molecular weight is 588 g/mol. The van der Waals surface area contributed by atoms with Crippen molar-refractivity contribution in [3.8, 4) is 11.3 Å². The summed E-state index contributed by atoms with van der Waals surface area (Å²) in [5, 5.41) is 10.4. The molecule has 0 radical (unpaired) electrons. The Morgan fingerprint density at radius 1 is 0.977 bits per heavy atom. The highest BCUT2D eigenvalue weighted by Gasteiger charge is 2.23. The van der Waals surface area contributed by atoms with E-state index in [9.17, 15) is 0 Å². The van der Waals surface area contributed by atoms with Gasteiger partial charge >= 0.3 is 0 Å². The van der Waals surface area contributed by atoms with E-state index in [2.05, 4.69) is 68.3 Å². The van der Waals surface area contributed by atoms with Crippen molar-refractivity contribution in [3.05, 3.63) is 84.0 Å². The molecule has 0 spiro atoms. The summed E-state index contributed by atoms with van der Waals surface area (Å²) in [5.41, 5.74) is 7.55. The molecule has 1 aromatic carbocycles. The van der Waals surface area contributed by atoms with Crippen molar-refractivity contribution in [1.29, 1.82) is 0 Å². The molecule has 6 heterocycles. The van der Waals surface area contributed by atoms with Gasteiger partial charge in [-0.15, -0.1) is 0 Å². The molecule has 1 N–H and O–H groups in total. The van der Waals surface area contributed by atoms with E-state index in [1.807, 2.05) is 41.1 Å². The number of aryl methyl sites for hydroxylation is 2. The van der Waals surface area contributed by atoms with Gasteiger partial charge in [0, 0.05) is 54.9 Å². The smallest absolute Gasteiger partial charge is 0.165 e. The third-order valence-corrected chi connectivity index (χ3v) is 8.50. The number of rotatable bonds is 6. The van der Waals surface area contributed by atoms with Crippen molar-refractivity contribution in [1.82, 2.24) is 39.3 Å². The van der Waals surface area contributed by atoms with Crippen LogP contribution in [0, 0.1) is 6.92 Å². The fourth-order valence-corrected chi connectivity index (χ4v) is 6.00. The standard InChI is InChI=1S/C34H37N9O/c1-21-11-12-23-22(13-15-36-32(23)40-28-18-27(34(2,3)4)41-42(28)5)25(21)17-26-24(9-8-14-35-26)30-31-33(38-19-37-30)43(20-39-31)29-10-6-7-16-44-29/h8-9,11-15,18-20,29H,6-7,10,16-17H2,1-5H3,(H,36,40). The lowest BCUT2D eigenvalue weighted by atomic mass is 9.92. The first-order valence-corrected chi connectivity index (χ1v) is 15.2. The lowest BCUT2D eigenvalue weighted by molar-refractivity contribution is -0.0298. The zero-order valence-corrected chi connectivity index (χ0v) is 25.9. The van der Waals surface area contributed by atoms with Crippen molar-refractivity contribution in [2.45, 2.75) is 65.0 Å². The van der Waals surface area contributed by atoms with Crippen LogP contribution in [0.2, 0.25) is 0 Å². The predicted molar refractivity (Wildman–Crippen MR) is 172 cm³/mol. The number of nitrogens with zero attached hydrogens (tertiary/aromatic N) is 8. The molecule has 1 fully saturated rings. The van der Waals surface area contributed by atoms with Crippen LogP contribution in [0.25, 0.3) is 33.2 Å². The zero-order valence-electron chi connectivity index (χ0n) is 25.9. The third kappa shape index (κ3) is 5.09. The van der Waals surface area contributed by atoms with Gasteiger partial charge in [-0.05, 0) is 60.9 Å². The summed E-state index contributed by atoms with van der Waals surface area (Å²) in [6.07, 6.45) is 10.9. The number of aromatic nitrogens is 8. The van der Waals surface area contributed by atoms with Gasteiger partial charge in [0.1, 0.15) is 35.4 Å². The molecule has 1 atom stereocenters. The van der Waals surface area contributed by atoms with E-state index in [1.165, 1.54) is 11.1 Å². The second kappa shape index (κ2) is 11.1. The van der Waals surface area contributed by atoms with Crippen LogP contribution < -0.4 is 5.32 Å². The summed E-state index contributed by atoms with van der Waals surface area (Å²) in [4.78, 5) is 23.7. The Kier molecular flexibility index (Phi) is 7.08. The van der Waals surface area contributed by atoms with Gasteiger partial charge in [-0.25, -0.2) is 19.9 Å². The minimum atomic E-state index is -0.0500. The first kappa shape index (κ1) is 28.1. The van der Waals surface area contributed by atoms with Gasteiger partial charge in [-0.3, -0.25) is 14.2 Å². The highest BCUT2D eigenvalue weighted by Crippen LogP contribution is 2.34. The number of fused-ring (bicyclic) bond motifs is 2. The molecule has 0 amide bonds. The summed E-state index contributed by atoms with van der Waals surface area (Å²) >= 11 is 0. The van der Waals surface area contributed by atoms with Crippen LogP contribution in [0.4, 0.5) is 11.6 Å². The van der Waals surface area contributed by atoms with Crippen molar-refractivity contribution < 1.29 is 4.74 Å². The second-order valence-electron chi connectivity index (χ2n) is 12.6. The van der Waals surface area contributed by atoms with E-state index in [0.717, 1.165) is 82.1 Å². The summed E-state index contributed by atoms with van der Waals surface area (Å²) in [6.45, 7) is 9.40. The minimum absolute atomic E-state index is 0.0500. The number of ether oxygens (including phenoxy) is 1. The molecule has 1 unspecified atom stereocenters. The van der Waals surface area contributed by atoms with Gasteiger partial charge in [0.25, 0.3) is 0 Å². The van der Waals surface area contributed by atoms with Gasteiger partial charge in [0.05, 0.1) is 17.7 Å². The maximum Gasteiger partial charge on any atom is 0.165 e. The molecule has 44 heavy (non-hydrogen) atoms. The first-order valence-electron chi connectivity index (χ1n) is 15.2. The van der Waals surface area contributed by atoms with Crippen LogP contribution >= 0.6 is 0 Å². The second-order valence-corrected chi connectivity index (χ2v) is 12.6. The quantitative estimate of drug-likeness (QED) is 0.226. The molecule has 224 valence electrons. The molecule has 1 saturated heterocycles. The van der Waals surface area contributed by atoms with Crippen molar-refractivity contribution in [2.75, 3.05) is 11.9 Å². The van der Waals surface area contributed by atoms with E-state index in [0.29, 0.717) is 6.42 Å². The van der Waals surface area contributed by atoms with Crippen molar-refractivity contribution in [3.63, 3.8) is 0 Å². The molecule has 0 bridgehead atoms. The molecule has 1 aliphatic heterocycles. The van der Waals surface area contributed by atoms with Gasteiger partial charge in [0.2, 0.25) is 0 Å². The van der Waals surface area contributed by atoms with Gasteiger partial charge < -0.3 is 10.1 Å².